The maximum atomic E-state index is 13.8. The summed E-state index contributed by atoms with van der Waals surface area (Å²) < 4.78 is 56.8. The predicted octanol–water partition coefficient (Wildman–Crippen LogP) is 3.38. The minimum atomic E-state index is -4.89. The smallest absolute Gasteiger partial charge is 0.430 e. The van der Waals surface area contributed by atoms with Crippen LogP contribution in [0.2, 0.25) is 5.02 Å². The number of hydrogen-bond donors (Lipinski definition) is 3. The Kier molecular flexibility index (Phi) is 11.2. The van der Waals surface area contributed by atoms with Crippen LogP contribution in [0.5, 0.6) is 5.75 Å². The first-order valence-corrected chi connectivity index (χ1v) is 12.8. The number of nitrogens with two attached hydrogens (primary N) is 2. The molecule has 2 rings (SSSR count). The van der Waals surface area contributed by atoms with E-state index < -0.39 is 47.2 Å². The highest BCUT2D eigenvalue weighted by Crippen LogP contribution is 2.42. The SMILES string of the molecule is CC(=O)N[C@@H](CCCN=C(N)N)C(=O)OCCCOC(=O)C1=Cc2cc(Cl)c(C(C)(C)C)cc2OC1C(F)(F)F. The Labute approximate surface area is 235 Å². The third kappa shape index (κ3) is 9.61. The van der Waals surface area contributed by atoms with Crippen molar-refractivity contribution in [3.05, 3.63) is 33.9 Å². The number of carbonyl (C=O) groups is 3. The second-order valence-corrected chi connectivity index (χ2v) is 10.5. The lowest BCUT2D eigenvalue weighted by molar-refractivity contribution is -0.188. The van der Waals surface area contributed by atoms with Gasteiger partial charge in [0.25, 0.3) is 0 Å². The molecule has 0 radical (unpaired) electrons. The van der Waals surface area contributed by atoms with Crippen LogP contribution in [0.25, 0.3) is 6.08 Å². The Hall–Kier alpha value is -3.48. The van der Waals surface area contributed by atoms with Gasteiger partial charge in [-0.25, -0.2) is 9.59 Å². The molecular weight excluding hydrogens is 557 g/mol. The molecule has 0 saturated carbocycles. The van der Waals surface area contributed by atoms with Crippen molar-refractivity contribution in [2.45, 2.75) is 70.7 Å². The van der Waals surface area contributed by atoms with Crippen molar-refractivity contribution in [3.8, 4) is 5.75 Å². The first-order valence-electron chi connectivity index (χ1n) is 12.5. The van der Waals surface area contributed by atoms with Gasteiger partial charge in [0.1, 0.15) is 11.8 Å². The van der Waals surface area contributed by atoms with E-state index >= 15 is 0 Å². The molecule has 0 aliphatic carbocycles. The fourth-order valence-corrected chi connectivity index (χ4v) is 4.24. The second-order valence-electron chi connectivity index (χ2n) is 10.1. The minimum absolute atomic E-state index is 0.000448. The van der Waals surface area contributed by atoms with Crippen LogP contribution in [-0.4, -0.2) is 61.9 Å². The van der Waals surface area contributed by atoms with Crippen molar-refractivity contribution in [2.75, 3.05) is 19.8 Å². The normalized spacial score (nSPS) is 15.6. The molecule has 10 nitrogen and oxygen atoms in total. The summed E-state index contributed by atoms with van der Waals surface area (Å²) in [4.78, 5) is 40.2. The zero-order valence-corrected chi connectivity index (χ0v) is 23.4. The Balaban J connectivity index is 2.00. The zero-order valence-electron chi connectivity index (χ0n) is 22.7. The Morgan fingerprint density at radius 1 is 1.12 bits per heavy atom. The first-order chi connectivity index (χ1) is 18.5. The van der Waals surface area contributed by atoms with Gasteiger partial charge in [0.2, 0.25) is 12.0 Å². The van der Waals surface area contributed by atoms with Crippen LogP contribution in [-0.2, 0) is 29.3 Å². The first kappa shape index (κ1) is 32.7. The topological polar surface area (TPSA) is 155 Å². The molecule has 1 aliphatic rings. The largest absolute Gasteiger partial charge is 0.475 e. The van der Waals surface area contributed by atoms with E-state index in [1.165, 1.54) is 19.1 Å². The lowest BCUT2D eigenvalue weighted by atomic mass is 9.85. The maximum absolute atomic E-state index is 13.8. The van der Waals surface area contributed by atoms with Crippen LogP contribution in [0.1, 0.15) is 58.1 Å². The number of guanidine groups is 1. The van der Waals surface area contributed by atoms with Crippen molar-refractivity contribution in [1.82, 2.24) is 5.32 Å². The lowest BCUT2D eigenvalue weighted by Gasteiger charge is -2.30. The van der Waals surface area contributed by atoms with E-state index in [0.717, 1.165) is 6.08 Å². The number of alkyl halides is 3. The molecule has 2 atom stereocenters. The van der Waals surface area contributed by atoms with E-state index in [-0.39, 0.29) is 49.9 Å². The summed E-state index contributed by atoms with van der Waals surface area (Å²) >= 11 is 6.34. The van der Waals surface area contributed by atoms with Crippen molar-refractivity contribution in [3.63, 3.8) is 0 Å². The van der Waals surface area contributed by atoms with Crippen LogP contribution in [0.3, 0.4) is 0 Å². The van der Waals surface area contributed by atoms with Gasteiger partial charge in [-0.3, -0.25) is 9.79 Å². The maximum Gasteiger partial charge on any atom is 0.430 e. The number of carbonyl (C=O) groups excluding carboxylic acids is 3. The van der Waals surface area contributed by atoms with Crippen LogP contribution in [0.15, 0.2) is 22.7 Å². The van der Waals surface area contributed by atoms with Crippen LogP contribution in [0.4, 0.5) is 13.2 Å². The van der Waals surface area contributed by atoms with Crippen LogP contribution < -0.4 is 21.5 Å². The second kappa shape index (κ2) is 13.7. The van der Waals surface area contributed by atoms with Crippen LogP contribution in [0, 0.1) is 0 Å². The van der Waals surface area contributed by atoms with Gasteiger partial charge in [0.05, 0.1) is 18.8 Å². The summed E-state index contributed by atoms with van der Waals surface area (Å²) in [6.07, 6.45) is -5.77. The number of ether oxygens (including phenoxy) is 3. The Morgan fingerprint density at radius 2 is 1.77 bits per heavy atom. The molecule has 1 heterocycles. The van der Waals surface area contributed by atoms with Crippen LogP contribution >= 0.6 is 11.6 Å². The fraction of sp³-hybridized carbons (Fsp3) is 0.538. The van der Waals surface area contributed by atoms with E-state index in [0.29, 0.717) is 17.0 Å². The molecule has 0 spiro atoms. The summed E-state index contributed by atoms with van der Waals surface area (Å²) in [6.45, 7) is 6.52. The molecule has 14 heteroatoms. The van der Waals surface area contributed by atoms with E-state index in [1.807, 2.05) is 20.8 Å². The average molecular weight is 591 g/mol. The van der Waals surface area contributed by atoms with Gasteiger partial charge in [0.15, 0.2) is 5.96 Å². The van der Waals surface area contributed by atoms with E-state index in [9.17, 15) is 27.6 Å². The summed E-state index contributed by atoms with van der Waals surface area (Å²) in [5.41, 5.74) is 10.1. The molecule has 0 fully saturated rings. The number of hydrogen-bond acceptors (Lipinski definition) is 7. The van der Waals surface area contributed by atoms with Gasteiger partial charge in [-0.05, 0) is 42.0 Å². The lowest BCUT2D eigenvalue weighted by Crippen LogP contribution is -2.41. The van der Waals surface area contributed by atoms with Gasteiger partial charge in [-0.1, -0.05) is 32.4 Å². The standard InChI is InChI=1S/C26H34ClF3N4O6/c1-14(35)34-19(7-5-8-33-24(31)32)23(37)39-10-6-9-38-22(36)16-11-15-12-18(27)17(25(2,3)4)13-20(15)40-21(16)26(28,29)30/h11-13,19,21H,5-10H2,1-4H3,(H,34,35)(H4,31,32,33)/t19-,21?/m0/s1. The molecule has 0 aromatic heterocycles. The van der Waals surface area contributed by atoms with Gasteiger partial charge < -0.3 is 31.0 Å². The highest BCUT2D eigenvalue weighted by molar-refractivity contribution is 6.31. The Morgan fingerprint density at radius 3 is 2.35 bits per heavy atom. The monoisotopic (exact) mass is 590 g/mol. The molecule has 5 N–H and O–H groups in total. The fourth-order valence-electron chi connectivity index (χ4n) is 3.78. The molecule has 1 aliphatic heterocycles. The number of esters is 2. The van der Waals surface area contributed by atoms with Crippen molar-refractivity contribution in [2.24, 2.45) is 16.5 Å². The molecule has 1 unspecified atom stereocenters. The third-order valence-corrected chi connectivity index (χ3v) is 5.96. The van der Waals surface area contributed by atoms with E-state index in [4.69, 9.17) is 37.3 Å². The molecule has 0 saturated heterocycles. The summed E-state index contributed by atoms with van der Waals surface area (Å²) in [5.74, 6) is -2.56. The van der Waals surface area contributed by atoms with Gasteiger partial charge >= 0.3 is 18.1 Å². The molecule has 1 amide bonds. The number of nitrogens with zero attached hydrogens (tertiary/aromatic N) is 1. The molecule has 1 aromatic rings. The number of amides is 1. The van der Waals surface area contributed by atoms with Gasteiger partial charge in [-0.15, -0.1) is 0 Å². The van der Waals surface area contributed by atoms with E-state index in [2.05, 4.69) is 10.3 Å². The summed E-state index contributed by atoms with van der Waals surface area (Å²) in [7, 11) is 0. The van der Waals surface area contributed by atoms with E-state index in [1.54, 1.807) is 0 Å². The number of nitrogens with one attached hydrogen (secondary N) is 1. The van der Waals surface area contributed by atoms with Crippen molar-refractivity contribution < 1.29 is 41.8 Å². The molecular formula is C26H34ClF3N4O6. The highest BCUT2D eigenvalue weighted by Gasteiger charge is 2.49. The van der Waals surface area contributed by atoms with Gasteiger partial charge in [0, 0.05) is 30.5 Å². The van der Waals surface area contributed by atoms with Gasteiger partial charge in [-0.2, -0.15) is 13.2 Å². The molecule has 1 aromatic carbocycles. The zero-order chi connectivity index (χ0) is 30.3. The minimum Gasteiger partial charge on any atom is -0.475 e. The Bertz CT molecular complexity index is 1160. The van der Waals surface area contributed by atoms with Crippen molar-refractivity contribution >= 4 is 41.5 Å². The number of rotatable bonds is 11. The number of fused-ring (bicyclic) bond motifs is 1. The number of aliphatic imine (C=N–C) groups is 1. The predicted molar refractivity (Wildman–Crippen MR) is 143 cm³/mol. The molecule has 222 valence electrons. The van der Waals surface area contributed by atoms with Crippen molar-refractivity contribution in [1.29, 1.82) is 0 Å². The molecule has 40 heavy (non-hydrogen) atoms. The summed E-state index contributed by atoms with van der Waals surface area (Å²) in [5, 5.41) is 2.78. The molecule has 0 bridgehead atoms. The number of halogens is 4. The third-order valence-electron chi connectivity index (χ3n) is 5.65. The summed E-state index contributed by atoms with van der Waals surface area (Å²) in [6, 6.07) is 1.94. The number of benzene rings is 1. The average Bonchev–Trinajstić information content (AvgIpc) is 2.82. The highest BCUT2D eigenvalue weighted by atomic mass is 35.5. The quantitative estimate of drug-likeness (QED) is 0.153.